The van der Waals surface area contributed by atoms with Crippen LogP contribution < -0.4 is 9.47 Å². The number of aliphatic carboxylic acids is 1. The summed E-state index contributed by atoms with van der Waals surface area (Å²) in [7, 11) is 3.08. The molecule has 1 aliphatic carbocycles. The van der Waals surface area contributed by atoms with E-state index in [0.29, 0.717) is 16.5 Å². The summed E-state index contributed by atoms with van der Waals surface area (Å²) in [5.74, 6) is 0.240. The highest BCUT2D eigenvalue weighted by Gasteiger charge is 2.48. The Hall–Kier alpha value is -1.42. The third-order valence-electron chi connectivity index (χ3n) is 3.68. The van der Waals surface area contributed by atoms with Crippen LogP contribution in [0.2, 0.25) is 5.02 Å². The molecule has 0 atom stereocenters. The van der Waals surface area contributed by atoms with E-state index in [-0.39, 0.29) is 11.8 Å². The van der Waals surface area contributed by atoms with Crippen LogP contribution in [-0.2, 0) is 10.2 Å². The van der Waals surface area contributed by atoms with Crippen LogP contribution in [0.15, 0.2) is 6.07 Å². The maximum atomic E-state index is 11.0. The Bertz CT molecular complexity index is 521. The van der Waals surface area contributed by atoms with Gasteiger partial charge in [0.1, 0.15) is 0 Å². The molecule has 1 saturated carbocycles. The standard InChI is InChI=1S/C14H17ClO4/c1-8-6-9(18-2)13(19-3)12(15)11(8)14(4-5-14)7-10(16)17/h6H,4-5,7H2,1-3H3,(H,16,17). The number of hydrogen-bond donors (Lipinski definition) is 1. The second-order valence-corrected chi connectivity index (χ2v) is 5.35. The summed E-state index contributed by atoms with van der Waals surface area (Å²) in [5.41, 5.74) is 1.49. The van der Waals surface area contributed by atoms with Crippen LogP contribution in [0.4, 0.5) is 0 Å². The quantitative estimate of drug-likeness (QED) is 0.902. The van der Waals surface area contributed by atoms with Crippen molar-refractivity contribution in [2.45, 2.75) is 31.6 Å². The van der Waals surface area contributed by atoms with Gasteiger partial charge >= 0.3 is 5.97 Å². The molecule has 5 heteroatoms. The third kappa shape index (κ3) is 2.37. The summed E-state index contributed by atoms with van der Waals surface area (Å²) in [4.78, 5) is 11.0. The van der Waals surface area contributed by atoms with Crippen LogP contribution in [0.5, 0.6) is 11.5 Å². The van der Waals surface area contributed by atoms with Gasteiger partial charge in [-0.05, 0) is 37.0 Å². The van der Waals surface area contributed by atoms with Crippen LogP contribution >= 0.6 is 11.6 Å². The summed E-state index contributed by atoms with van der Waals surface area (Å²) in [6, 6.07) is 1.85. The zero-order valence-corrected chi connectivity index (χ0v) is 12.0. The number of hydrogen-bond acceptors (Lipinski definition) is 3. The van der Waals surface area contributed by atoms with Crippen LogP contribution in [0, 0.1) is 6.92 Å². The molecule has 19 heavy (non-hydrogen) atoms. The lowest BCUT2D eigenvalue weighted by Gasteiger charge is -2.21. The average molecular weight is 285 g/mol. The van der Waals surface area contributed by atoms with E-state index in [4.69, 9.17) is 26.2 Å². The zero-order valence-electron chi connectivity index (χ0n) is 11.2. The summed E-state index contributed by atoms with van der Waals surface area (Å²) < 4.78 is 10.5. The van der Waals surface area contributed by atoms with Gasteiger partial charge in [0.15, 0.2) is 11.5 Å². The first-order valence-corrected chi connectivity index (χ1v) is 6.46. The predicted octanol–water partition coefficient (Wildman–Crippen LogP) is 3.17. The van der Waals surface area contributed by atoms with Crippen molar-refractivity contribution in [1.29, 1.82) is 0 Å². The van der Waals surface area contributed by atoms with Crippen molar-refractivity contribution < 1.29 is 19.4 Å². The molecule has 4 nitrogen and oxygen atoms in total. The van der Waals surface area contributed by atoms with Gasteiger partial charge < -0.3 is 14.6 Å². The molecule has 1 N–H and O–H groups in total. The number of carbonyl (C=O) groups is 1. The van der Waals surface area contributed by atoms with Crippen molar-refractivity contribution in [2.24, 2.45) is 0 Å². The summed E-state index contributed by atoms with van der Waals surface area (Å²) in [5, 5.41) is 9.53. The highest BCUT2D eigenvalue weighted by Crippen LogP contribution is 2.57. The van der Waals surface area contributed by atoms with Crippen molar-refractivity contribution in [3.63, 3.8) is 0 Å². The topological polar surface area (TPSA) is 55.8 Å². The fraction of sp³-hybridized carbons (Fsp3) is 0.500. The summed E-state index contributed by atoms with van der Waals surface area (Å²) in [6.07, 6.45) is 1.79. The molecule has 1 aromatic rings. The molecular weight excluding hydrogens is 268 g/mol. The number of carboxylic acid groups (broad SMARTS) is 1. The number of rotatable bonds is 5. The first kappa shape index (κ1) is 14.0. The van der Waals surface area contributed by atoms with Gasteiger partial charge in [0, 0.05) is 5.41 Å². The van der Waals surface area contributed by atoms with E-state index in [1.165, 1.54) is 7.11 Å². The highest BCUT2D eigenvalue weighted by molar-refractivity contribution is 6.33. The molecule has 1 aliphatic rings. The van der Waals surface area contributed by atoms with E-state index in [1.54, 1.807) is 7.11 Å². The molecule has 0 spiro atoms. The van der Waals surface area contributed by atoms with Crippen molar-refractivity contribution in [1.82, 2.24) is 0 Å². The molecule has 0 bridgehead atoms. The fourth-order valence-electron chi connectivity index (χ4n) is 2.68. The number of halogens is 1. The molecule has 1 aromatic carbocycles. The largest absolute Gasteiger partial charge is 0.493 e. The van der Waals surface area contributed by atoms with Gasteiger partial charge in [-0.15, -0.1) is 0 Å². The fourth-order valence-corrected chi connectivity index (χ4v) is 3.20. The molecule has 104 valence electrons. The van der Waals surface area contributed by atoms with Crippen molar-refractivity contribution in [3.05, 3.63) is 22.2 Å². The van der Waals surface area contributed by atoms with Gasteiger partial charge in [-0.3, -0.25) is 4.79 Å². The predicted molar refractivity (Wildman–Crippen MR) is 72.5 cm³/mol. The molecule has 0 aromatic heterocycles. The van der Waals surface area contributed by atoms with Gasteiger partial charge in [0.25, 0.3) is 0 Å². The van der Waals surface area contributed by atoms with Gasteiger partial charge in [0.05, 0.1) is 25.7 Å². The number of ether oxygens (including phenoxy) is 2. The van der Waals surface area contributed by atoms with E-state index < -0.39 is 5.97 Å². The lowest BCUT2D eigenvalue weighted by atomic mass is 9.88. The lowest BCUT2D eigenvalue weighted by Crippen LogP contribution is -2.15. The molecule has 2 rings (SSSR count). The SMILES string of the molecule is COc1cc(C)c(C2(CC(=O)O)CC2)c(Cl)c1OC. The number of methoxy groups -OCH3 is 2. The molecule has 0 unspecified atom stereocenters. The van der Waals surface area contributed by atoms with E-state index in [1.807, 2.05) is 13.0 Å². The molecule has 0 radical (unpaired) electrons. The minimum Gasteiger partial charge on any atom is -0.493 e. The normalized spacial score (nSPS) is 16.0. The molecule has 1 fully saturated rings. The van der Waals surface area contributed by atoms with Crippen molar-refractivity contribution in [3.8, 4) is 11.5 Å². The van der Waals surface area contributed by atoms with Gasteiger partial charge in [-0.1, -0.05) is 11.6 Å². The van der Waals surface area contributed by atoms with E-state index in [0.717, 1.165) is 24.0 Å². The Morgan fingerprint density at radius 2 is 2.05 bits per heavy atom. The lowest BCUT2D eigenvalue weighted by molar-refractivity contribution is -0.137. The van der Waals surface area contributed by atoms with Gasteiger partial charge in [-0.25, -0.2) is 0 Å². The Labute approximate surface area is 117 Å². The first-order valence-electron chi connectivity index (χ1n) is 6.08. The van der Waals surface area contributed by atoms with Crippen LogP contribution in [0.1, 0.15) is 30.4 Å². The van der Waals surface area contributed by atoms with Gasteiger partial charge in [0.2, 0.25) is 0 Å². The minimum atomic E-state index is -0.803. The molecular formula is C14H17ClO4. The molecule has 0 aliphatic heterocycles. The summed E-state index contributed by atoms with van der Waals surface area (Å²) >= 11 is 6.41. The van der Waals surface area contributed by atoms with E-state index in [9.17, 15) is 4.79 Å². The smallest absolute Gasteiger partial charge is 0.304 e. The second kappa shape index (κ2) is 4.93. The Morgan fingerprint density at radius 1 is 1.42 bits per heavy atom. The number of carboxylic acids is 1. The number of benzene rings is 1. The maximum absolute atomic E-state index is 11.0. The zero-order chi connectivity index (χ0) is 14.2. The summed E-state index contributed by atoms with van der Waals surface area (Å²) in [6.45, 7) is 1.92. The van der Waals surface area contributed by atoms with Crippen LogP contribution in [-0.4, -0.2) is 25.3 Å². The first-order chi connectivity index (χ1) is 8.95. The minimum absolute atomic E-state index is 0.100. The monoisotopic (exact) mass is 284 g/mol. The molecule has 0 saturated heterocycles. The Balaban J connectivity index is 2.55. The Kier molecular flexibility index (Phi) is 3.63. The van der Waals surface area contributed by atoms with Gasteiger partial charge in [-0.2, -0.15) is 0 Å². The molecule has 0 heterocycles. The van der Waals surface area contributed by atoms with Crippen LogP contribution in [0.3, 0.4) is 0 Å². The number of aryl methyl sites for hydroxylation is 1. The average Bonchev–Trinajstić information content (AvgIpc) is 3.07. The third-order valence-corrected chi connectivity index (χ3v) is 4.04. The van der Waals surface area contributed by atoms with E-state index >= 15 is 0 Å². The Morgan fingerprint density at radius 3 is 2.47 bits per heavy atom. The second-order valence-electron chi connectivity index (χ2n) is 4.97. The van der Waals surface area contributed by atoms with Crippen molar-refractivity contribution in [2.75, 3.05) is 14.2 Å². The maximum Gasteiger partial charge on any atom is 0.304 e. The van der Waals surface area contributed by atoms with Crippen LogP contribution in [0.25, 0.3) is 0 Å². The van der Waals surface area contributed by atoms with Crippen molar-refractivity contribution >= 4 is 17.6 Å². The highest BCUT2D eigenvalue weighted by atomic mass is 35.5. The molecule has 0 amide bonds. The van der Waals surface area contributed by atoms with E-state index in [2.05, 4.69) is 0 Å².